The lowest BCUT2D eigenvalue weighted by molar-refractivity contribution is -0.00910. The summed E-state index contributed by atoms with van der Waals surface area (Å²) in [4.78, 5) is 2.74. The Balaban J connectivity index is 2.15. The molecule has 0 amide bonds. The zero-order chi connectivity index (χ0) is 15.8. The van der Waals surface area contributed by atoms with Gasteiger partial charge in [-0.05, 0) is 51.7 Å². The molecule has 0 spiro atoms. The van der Waals surface area contributed by atoms with Gasteiger partial charge in [-0.25, -0.2) is 0 Å². The molecule has 3 unspecified atom stereocenters. The number of hydrogen-bond donors (Lipinski definition) is 2. The highest BCUT2D eigenvalue weighted by molar-refractivity contribution is 7.11. The number of thiophene rings is 1. The van der Waals surface area contributed by atoms with E-state index in [2.05, 4.69) is 52.1 Å². The molecule has 2 N–H and O–H groups in total. The van der Waals surface area contributed by atoms with Crippen LogP contribution in [0.1, 0.15) is 43.9 Å². The third-order valence-electron chi connectivity index (χ3n) is 3.38. The Hall–Kier alpha value is -0.420. The molecule has 4 heteroatoms. The summed E-state index contributed by atoms with van der Waals surface area (Å²) in [6, 6.07) is 4.71. The molecule has 0 bridgehead atoms. The minimum absolute atomic E-state index is 0.214. The number of aliphatic hydroxyl groups excluding tert-OH is 1. The van der Waals surface area contributed by atoms with Crippen LogP contribution < -0.4 is 5.32 Å². The van der Waals surface area contributed by atoms with E-state index in [9.17, 15) is 5.11 Å². The van der Waals surface area contributed by atoms with Crippen LogP contribution in [0.2, 0.25) is 0 Å². The van der Waals surface area contributed by atoms with Crippen molar-refractivity contribution >= 4 is 11.3 Å². The highest BCUT2D eigenvalue weighted by atomic mass is 32.1. The maximum Gasteiger partial charge on any atom is 0.0897 e. The van der Waals surface area contributed by atoms with Gasteiger partial charge in [0.05, 0.1) is 18.8 Å². The van der Waals surface area contributed by atoms with E-state index in [1.807, 2.05) is 11.3 Å². The molecule has 3 atom stereocenters. The van der Waals surface area contributed by atoms with E-state index in [1.165, 1.54) is 9.75 Å². The lowest BCUT2D eigenvalue weighted by Crippen LogP contribution is -2.37. The normalized spacial score (nSPS) is 16.1. The number of ether oxygens (including phenoxy) is 1. The Morgan fingerprint density at radius 2 is 1.95 bits per heavy atom. The van der Waals surface area contributed by atoms with Crippen LogP contribution in [0.3, 0.4) is 0 Å². The SMILES string of the molecule is Cc1ccc(CC(C)NCC(O)COC(C)CC(C)C)s1. The van der Waals surface area contributed by atoms with Crippen LogP contribution >= 0.6 is 11.3 Å². The molecule has 1 aromatic heterocycles. The van der Waals surface area contributed by atoms with Gasteiger partial charge in [-0.1, -0.05) is 13.8 Å². The van der Waals surface area contributed by atoms with Crippen LogP contribution in [0, 0.1) is 12.8 Å². The molecular formula is C17H31NO2S. The summed E-state index contributed by atoms with van der Waals surface area (Å²) >= 11 is 1.84. The standard InChI is InChI=1S/C17H31NO2S/c1-12(2)8-14(4)20-11-16(19)10-18-13(3)9-17-7-6-15(5)21-17/h6-7,12-14,16,18-19H,8-11H2,1-5H3. The van der Waals surface area contributed by atoms with Gasteiger partial charge in [-0.2, -0.15) is 0 Å². The van der Waals surface area contributed by atoms with Crippen molar-refractivity contribution in [1.82, 2.24) is 5.32 Å². The molecule has 1 aromatic rings. The minimum atomic E-state index is -0.438. The van der Waals surface area contributed by atoms with Crippen molar-refractivity contribution in [3.05, 3.63) is 21.9 Å². The summed E-state index contributed by atoms with van der Waals surface area (Å²) in [5, 5.41) is 13.3. The summed E-state index contributed by atoms with van der Waals surface area (Å²) in [5.74, 6) is 0.629. The van der Waals surface area contributed by atoms with Gasteiger partial charge in [0.15, 0.2) is 0 Å². The van der Waals surface area contributed by atoms with Crippen molar-refractivity contribution < 1.29 is 9.84 Å². The predicted molar refractivity (Wildman–Crippen MR) is 91.1 cm³/mol. The van der Waals surface area contributed by atoms with Crippen LogP contribution in [0.4, 0.5) is 0 Å². The fourth-order valence-corrected chi connectivity index (χ4v) is 3.39. The first-order valence-corrected chi connectivity index (χ1v) is 8.76. The van der Waals surface area contributed by atoms with Gasteiger partial charge in [0, 0.05) is 22.3 Å². The van der Waals surface area contributed by atoms with Crippen molar-refractivity contribution in [2.24, 2.45) is 5.92 Å². The Morgan fingerprint density at radius 3 is 2.52 bits per heavy atom. The maximum absolute atomic E-state index is 9.97. The molecule has 0 fully saturated rings. The van der Waals surface area contributed by atoms with Gasteiger partial charge < -0.3 is 15.2 Å². The third-order valence-corrected chi connectivity index (χ3v) is 4.40. The van der Waals surface area contributed by atoms with Crippen molar-refractivity contribution in [2.45, 2.75) is 65.7 Å². The molecule has 0 aliphatic carbocycles. The van der Waals surface area contributed by atoms with Crippen molar-refractivity contribution in [1.29, 1.82) is 0 Å². The molecule has 3 nitrogen and oxygen atoms in total. The van der Waals surface area contributed by atoms with Crippen LogP contribution in [0.5, 0.6) is 0 Å². The first-order valence-electron chi connectivity index (χ1n) is 7.95. The first kappa shape index (κ1) is 18.6. The van der Waals surface area contributed by atoms with E-state index in [1.54, 1.807) is 0 Å². The monoisotopic (exact) mass is 313 g/mol. The molecule has 21 heavy (non-hydrogen) atoms. The molecule has 1 heterocycles. The van der Waals surface area contributed by atoms with Gasteiger partial charge in [-0.3, -0.25) is 0 Å². The fraction of sp³-hybridized carbons (Fsp3) is 0.765. The average molecular weight is 314 g/mol. The second kappa shape index (κ2) is 9.57. The fourth-order valence-electron chi connectivity index (χ4n) is 2.37. The highest BCUT2D eigenvalue weighted by Gasteiger charge is 2.11. The Morgan fingerprint density at radius 1 is 1.24 bits per heavy atom. The molecule has 1 rings (SSSR count). The summed E-state index contributed by atoms with van der Waals surface area (Å²) in [6.07, 6.45) is 1.82. The second-order valence-electron chi connectivity index (χ2n) is 6.45. The lowest BCUT2D eigenvalue weighted by atomic mass is 10.1. The quantitative estimate of drug-likeness (QED) is 0.696. The Kier molecular flexibility index (Phi) is 8.49. The summed E-state index contributed by atoms with van der Waals surface area (Å²) in [7, 11) is 0. The molecule has 0 saturated carbocycles. The van der Waals surface area contributed by atoms with Gasteiger partial charge in [-0.15, -0.1) is 11.3 Å². The molecular weight excluding hydrogens is 282 g/mol. The molecule has 0 radical (unpaired) electrons. The van der Waals surface area contributed by atoms with Crippen LogP contribution in [-0.4, -0.2) is 36.5 Å². The number of nitrogens with one attached hydrogen (secondary N) is 1. The third kappa shape index (κ3) is 8.57. The van der Waals surface area contributed by atoms with Crippen LogP contribution in [-0.2, 0) is 11.2 Å². The first-order chi connectivity index (χ1) is 9.86. The number of rotatable bonds is 10. The van der Waals surface area contributed by atoms with Gasteiger partial charge >= 0.3 is 0 Å². The van der Waals surface area contributed by atoms with Crippen molar-refractivity contribution in [3.63, 3.8) is 0 Å². The number of aliphatic hydroxyl groups is 1. The minimum Gasteiger partial charge on any atom is -0.389 e. The van der Waals surface area contributed by atoms with Gasteiger partial charge in [0.1, 0.15) is 0 Å². The Bertz CT molecular complexity index is 392. The van der Waals surface area contributed by atoms with Crippen LogP contribution in [0.25, 0.3) is 0 Å². The van der Waals surface area contributed by atoms with E-state index in [0.29, 0.717) is 25.1 Å². The molecule has 0 aromatic carbocycles. The van der Waals surface area contributed by atoms with E-state index in [-0.39, 0.29) is 6.10 Å². The second-order valence-corrected chi connectivity index (χ2v) is 7.83. The zero-order valence-corrected chi connectivity index (χ0v) is 14.9. The Labute approximate surface area is 133 Å². The van der Waals surface area contributed by atoms with E-state index in [0.717, 1.165) is 12.8 Å². The smallest absolute Gasteiger partial charge is 0.0897 e. The average Bonchev–Trinajstić information content (AvgIpc) is 2.78. The molecule has 122 valence electrons. The lowest BCUT2D eigenvalue weighted by Gasteiger charge is -2.20. The molecule has 0 saturated heterocycles. The van der Waals surface area contributed by atoms with Gasteiger partial charge in [0.25, 0.3) is 0 Å². The predicted octanol–water partition coefficient (Wildman–Crippen LogP) is 3.39. The summed E-state index contributed by atoms with van der Waals surface area (Å²) in [6.45, 7) is 11.7. The zero-order valence-electron chi connectivity index (χ0n) is 14.1. The molecule has 0 aliphatic rings. The van der Waals surface area contributed by atoms with Crippen LogP contribution in [0.15, 0.2) is 12.1 Å². The van der Waals surface area contributed by atoms with Crippen molar-refractivity contribution in [2.75, 3.05) is 13.2 Å². The van der Waals surface area contributed by atoms with E-state index < -0.39 is 6.10 Å². The summed E-state index contributed by atoms with van der Waals surface area (Å²) < 4.78 is 5.68. The number of hydrogen-bond acceptors (Lipinski definition) is 4. The summed E-state index contributed by atoms with van der Waals surface area (Å²) in [5.41, 5.74) is 0. The highest BCUT2D eigenvalue weighted by Crippen LogP contribution is 2.16. The van der Waals surface area contributed by atoms with Gasteiger partial charge in [0.2, 0.25) is 0 Å². The van der Waals surface area contributed by atoms with E-state index in [4.69, 9.17) is 4.74 Å². The number of aryl methyl sites for hydroxylation is 1. The van der Waals surface area contributed by atoms with Crippen molar-refractivity contribution in [3.8, 4) is 0 Å². The largest absolute Gasteiger partial charge is 0.389 e. The molecule has 0 aliphatic heterocycles. The topological polar surface area (TPSA) is 41.5 Å². The van der Waals surface area contributed by atoms with E-state index >= 15 is 0 Å². The maximum atomic E-state index is 9.97.